The number of hydrogen-bond acceptors (Lipinski definition) is 2. The van der Waals surface area contributed by atoms with Gasteiger partial charge in [-0.15, -0.1) is 11.8 Å². The summed E-state index contributed by atoms with van der Waals surface area (Å²) in [7, 11) is 0. The molecule has 0 aromatic heterocycles. The summed E-state index contributed by atoms with van der Waals surface area (Å²) >= 11 is 1.96. The van der Waals surface area contributed by atoms with Gasteiger partial charge in [0.25, 0.3) is 0 Å². The standard InChI is InChI=1S/C14H21NS/c1-3-10(2)8-13(15)12-9-16-14-7-5-4-6-11(12)14/h4-7,10,12-13H,3,8-9,15H2,1-2H3. The van der Waals surface area contributed by atoms with Crippen molar-refractivity contribution in [1.29, 1.82) is 0 Å². The van der Waals surface area contributed by atoms with E-state index in [1.807, 2.05) is 11.8 Å². The summed E-state index contributed by atoms with van der Waals surface area (Å²) in [5, 5.41) is 0. The maximum absolute atomic E-state index is 6.36. The van der Waals surface area contributed by atoms with Crippen LogP contribution in [0, 0.1) is 5.92 Å². The third kappa shape index (κ3) is 2.44. The molecular formula is C14H21NS. The molecule has 2 rings (SSSR count). The van der Waals surface area contributed by atoms with E-state index in [-0.39, 0.29) is 0 Å². The molecule has 0 bridgehead atoms. The van der Waals surface area contributed by atoms with Gasteiger partial charge < -0.3 is 5.73 Å². The Bertz CT molecular complexity index is 350. The maximum atomic E-state index is 6.36. The summed E-state index contributed by atoms with van der Waals surface area (Å²) in [5.41, 5.74) is 7.83. The first-order valence-corrected chi connectivity index (χ1v) is 7.18. The van der Waals surface area contributed by atoms with Crippen LogP contribution in [-0.4, -0.2) is 11.8 Å². The molecule has 0 aliphatic carbocycles. The van der Waals surface area contributed by atoms with Crippen LogP contribution in [0.15, 0.2) is 29.2 Å². The van der Waals surface area contributed by atoms with Crippen molar-refractivity contribution in [3.8, 4) is 0 Å². The van der Waals surface area contributed by atoms with Gasteiger partial charge in [-0.05, 0) is 24.0 Å². The predicted molar refractivity (Wildman–Crippen MR) is 72.0 cm³/mol. The zero-order chi connectivity index (χ0) is 11.5. The predicted octanol–water partition coefficient (Wildman–Crippen LogP) is 3.64. The highest BCUT2D eigenvalue weighted by atomic mass is 32.2. The summed E-state index contributed by atoms with van der Waals surface area (Å²) in [6.45, 7) is 4.54. The van der Waals surface area contributed by atoms with E-state index >= 15 is 0 Å². The number of nitrogens with two attached hydrogens (primary N) is 1. The topological polar surface area (TPSA) is 26.0 Å². The molecule has 1 aromatic carbocycles. The van der Waals surface area contributed by atoms with Gasteiger partial charge in [0.05, 0.1) is 0 Å². The van der Waals surface area contributed by atoms with Crippen LogP contribution in [0.25, 0.3) is 0 Å². The van der Waals surface area contributed by atoms with E-state index in [9.17, 15) is 0 Å². The zero-order valence-corrected chi connectivity index (χ0v) is 11.0. The van der Waals surface area contributed by atoms with Gasteiger partial charge in [-0.1, -0.05) is 38.5 Å². The summed E-state index contributed by atoms with van der Waals surface area (Å²) in [6, 6.07) is 9.04. The Morgan fingerprint density at radius 3 is 2.94 bits per heavy atom. The van der Waals surface area contributed by atoms with Crippen LogP contribution >= 0.6 is 11.8 Å². The number of benzene rings is 1. The number of rotatable bonds is 4. The van der Waals surface area contributed by atoms with Gasteiger partial charge in [-0.3, -0.25) is 0 Å². The molecule has 3 atom stereocenters. The minimum absolute atomic E-state index is 0.325. The van der Waals surface area contributed by atoms with Crippen molar-refractivity contribution >= 4 is 11.8 Å². The first kappa shape index (κ1) is 12.0. The molecule has 0 saturated heterocycles. The lowest BCUT2D eigenvalue weighted by molar-refractivity contribution is 0.420. The Labute approximate surface area is 103 Å². The highest BCUT2D eigenvalue weighted by Gasteiger charge is 2.28. The second-order valence-corrected chi connectivity index (χ2v) is 5.93. The number of hydrogen-bond donors (Lipinski definition) is 1. The van der Waals surface area contributed by atoms with Gasteiger partial charge in [0.2, 0.25) is 0 Å². The van der Waals surface area contributed by atoms with Crippen molar-refractivity contribution in [2.45, 2.75) is 43.5 Å². The van der Waals surface area contributed by atoms with Gasteiger partial charge in [0, 0.05) is 22.6 Å². The van der Waals surface area contributed by atoms with Gasteiger partial charge in [0.1, 0.15) is 0 Å². The number of fused-ring (bicyclic) bond motifs is 1. The minimum atomic E-state index is 0.325. The first-order chi connectivity index (χ1) is 7.72. The average Bonchev–Trinajstić information content (AvgIpc) is 2.72. The highest BCUT2D eigenvalue weighted by Crippen LogP contribution is 2.41. The smallest absolute Gasteiger partial charge is 0.0119 e. The molecule has 3 unspecified atom stereocenters. The van der Waals surface area contributed by atoms with Crippen molar-refractivity contribution in [2.75, 3.05) is 5.75 Å². The molecule has 0 spiro atoms. The molecule has 1 nitrogen and oxygen atoms in total. The Kier molecular flexibility index (Phi) is 3.93. The van der Waals surface area contributed by atoms with Crippen molar-refractivity contribution in [3.05, 3.63) is 29.8 Å². The van der Waals surface area contributed by atoms with E-state index in [0.29, 0.717) is 12.0 Å². The molecule has 88 valence electrons. The lowest BCUT2D eigenvalue weighted by Crippen LogP contribution is -2.30. The Morgan fingerprint density at radius 1 is 1.44 bits per heavy atom. The van der Waals surface area contributed by atoms with Crippen LogP contribution in [0.3, 0.4) is 0 Å². The van der Waals surface area contributed by atoms with Gasteiger partial charge >= 0.3 is 0 Å². The molecule has 16 heavy (non-hydrogen) atoms. The van der Waals surface area contributed by atoms with Crippen LogP contribution in [0.5, 0.6) is 0 Å². The molecule has 0 saturated carbocycles. The molecule has 2 N–H and O–H groups in total. The van der Waals surface area contributed by atoms with Crippen molar-refractivity contribution in [2.24, 2.45) is 11.7 Å². The molecular weight excluding hydrogens is 214 g/mol. The Morgan fingerprint density at radius 2 is 2.19 bits per heavy atom. The molecule has 0 amide bonds. The van der Waals surface area contributed by atoms with Crippen molar-refractivity contribution in [3.63, 3.8) is 0 Å². The third-order valence-electron chi connectivity index (χ3n) is 3.63. The van der Waals surface area contributed by atoms with E-state index in [0.717, 1.165) is 18.1 Å². The third-order valence-corrected chi connectivity index (χ3v) is 4.83. The molecule has 1 aromatic rings. The van der Waals surface area contributed by atoms with Crippen LogP contribution in [-0.2, 0) is 0 Å². The largest absolute Gasteiger partial charge is 0.327 e. The average molecular weight is 235 g/mol. The van der Waals surface area contributed by atoms with Gasteiger partial charge in [0.15, 0.2) is 0 Å². The van der Waals surface area contributed by atoms with E-state index in [1.165, 1.54) is 16.9 Å². The lowest BCUT2D eigenvalue weighted by atomic mass is 9.87. The molecule has 1 aliphatic rings. The SMILES string of the molecule is CCC(C)CC(N)C1CSc2ccccc21. The van der Waals surface area contributed by atoms with Gasteiger partial charge in [-0.2, -0.15) is 0 Å². The minimum Gasteiger partial charge on any atom is -0.327 e. The van der Waals surface area contributed by atoms with Crippen LogP contribution in [0.2, 0.25) is 0 Å². The Hall–Kier alpha value is -0.470. The first-order valence-electron chi connectivity index (χ1n) is 6.19. The second-order valence-electron chi connectivity index (χ2n) is 4.87. The highest BCUT2D eigenvalue weighted by molar-refractivity contribution is 7.99. The molecule has 1 aliphatic heterocycles. The van der Waals surface area contributed by atoms with Crippen molar-refractivity contribution in [1.82, 2.24) is 0 Å². The fourth-order valence-electron chi connectivity index (χ4n) is 2.34. The zero-order valence-electron chi connectivity index (χ0n) is 10.1. The van der Waals surface area contributed by atoms with Gasteiger partial charge in [-0.25, -0.2) is 0 Å². The van der Waals surface area contributed by atoms with Crippen LogP contribution in [0.4, 0.5) is 0 Å². The number of thioether (sulfide) groups is 1. The maximum Gasteiger partial charge on any atom is 0.0119 e. The quantitative estimate of drug-likeness (QED) is 0.862. The molecule has 2 heteroatoms. The fourth-order valence-corrected chi connectivity index (χ4v) is 3.68. The van der Waals surface area contributed by atoms with Crippen LogP contribution in [0.1, 0.15) is 38.2 Å². The van der Waals surface area contributed by atoms with E-state index < -0.39 is 0 Å². The van der Waals surface area contributed by atoms with Crippen LogP contribution < -0.4 is 5.73 Å². The lowest BCUT2D eigenvalue weighted by Gasteiger charge is -2.22. The molecule has 0 radical (unpaired) electrons. The normalized spacial score (nSPS) is 22.8. The molecule has 0 fully saturated rings. The Balaban J connectivity index is 2.07. The second kappa shape index (κ2) is 5.24. The van der Waals surface area contributed by atoms with E-state index in [4.69, 9.17) is 5.73 Å². The van der Waals surface area contributed by atoms with E-state index in [1.54, 1.807) is 0 Å². The summed E-state index contributed by atoms with van der Waals surface area (Å²) in [5.74, 6) is 2.47. The monoisotopic (exact) mass is 235 g/mol. The summed E-state index contributed by atoms with van der Waals surface area (Å²) in [4.78, 5) is 1.44. The summed E-state index contributed by atoms with van der Waals surface area (Å²) in [6.07, 6.45) is 2.38. The molecule has 1 heterocycles. The van der Waals surface area contributed by atoms with E-state index in [2.05, 4.69) is 38.1 Å². The fraction of sp³-hybridized carbons (Fsp3) is 0.571. The summed E-state index contributed by atoms with van der Waals surface area (Å²) < 4.78 is 0. The van der Waals surface area contributed by atoms with Crippen molar-refractivity contribution < 1.29 is 0 Å².